The van der Waals surface area contributed by atoms with Gasteiger partial charge in [-0.3, -0.25) is 4.79 Å². The van der Waals surface area contributed by atoms with Crippen molar-refractivity contribution >= 4 is 27.5 Å². The molecule has 0 aliphatic heterocycles. The van der Waals surface area contributed by atoms with Crippen molar-refractivity contribution in [2.75, 3.05) is 0 Å². The van der Waals surface area contributed by atoms with Crippen LogP contribution in [-0.2, 0) is 4.79 Å². The first-order chi connectivity index (χ1) is 9.65. The molecule has 0 unspecified atom stereocenters. The molecule has 0 N–H and O–H groups in total. The number of rotatable bonds is 2. The van der Waals surface area contributed by atoms with Crippen molar-refractivity contribution in [2.45, 2.75) is 13.8 Å². The Morgan fingerprint density at radius 1 is 0.900 bits per heavy atom. The van der Waals surface area contributed by atoms with Crippen LogP contribution in [0.2, 0.25) is 0 Å². The highest BCUT2D eigenvalue weighted by Crippen LogP contribution is 2.30. The van der Waals surface area contributed by atoms with Gasteiger partial charge < -0.3 is 4.74 Å². The molecule has 3 aromatic rings. The SMILES string of the molecule is CC(C)C(=O)Oc1cccc2cc3ccccc3cc12. The lowest BCUT2D eigenvalue weighted by Crippen LogP contribution is -2.14. The smallest absolute Gasteiger partial charge is 0.313 e. The minimum Gasteiger partial charge on any atom is -0.426 e. The molecule has 0 aliphatic carbocycles. The monoisotopic (exact) mass is 264 g/mol. The van der Waals surface area contributed by atoms with E-state index in [9.17, 15) is 4.79 Å². The van der Waals surface area contributed by atoms with Crippen LogP contribution in [0.3, 0.4) is 0 Å². The van der Waals surface area contributed by atoms with Gasteiger partial charge in [-0.05, 0) is 34.4 Å². The fourth-order valence-electron chi connectivity index (χ4n) is 2.25. The number of hydrogen-bond acceptors (Lipinski definition) is 2. The lowest BCUT2D eigenvalue weighted by atomic mass is 10.0. The Morgan fingerprint density at radius 2 is 1.55 bits per heavy atom. The molecule has 0 bridgehead atoms. The maximum Gasteiger partial charge on any atom is 0.313 e. The second kappa shape index (κ2) is 4.97. The summed E-state index contributed by atoms with van der Waals surface area (Å²) in [6.45, 7) is 3.67. The van der Waals surface area contributed by atoms with Crippen LogP contribution in [0, 0.1) is 5.92 Å². The number of carbonyl (C=O) groups excluding carboxylic acids is 1. The van der Waals surface area contributed by atoms with Gasteiger partial charge in [0.2, 0.25) is 0 Å². The number of benzene rings is 3. The van der Waals surface area contributed by atoms with Gasteiger partial charge in [-0.2, -0.15) is 0 Å². The Morgan fingerprint density at radius 3 is 2.25 bits per heavy atom. The fraction of sp³-hybridized carbons (Fsp3) is 0.167. The number of carbonyl (C=O) groups is 1. The molecule has 0 radical (unpaired) electrons. The van der Waals surface area contributed by atoms with Crippen molar-refractivity contribution in [2.24, 2.45) is 5.92 Å². The average Bonchev–Trinajstić information content (AvgIpc) is 2.45. The first kappa shape index (κ1) is 12.7. The summed E-state index contributed by atoms with van der Waals surface area (Å²) in [5, 5.41) is 4.39. The maximum absolute atomic E-state index is 11.8. The van der Waals surface area contributed by atoms with Crippen LogP contribution in [0.15, 0.2) is 54.6 Å². The number of fused-ring (bicyclic) bond motifs is 2. The standard InChI is InChI=1S/C18H16O2/c1-12(2)18(19)20-17-9-5-8-15-10-13-6-3-4-7-14(13)11-16(15)17/h3-12H,1-2H3. The van der Waals surface area contributed by atoms with Gasteiger partial charge in [0.05, 0.1) is 5.92 Å². The second-order valence-electron chi connectivity index (χ2n) is 5.25. The number of hydrogen-bond donors (Lipinski definition) is 0. The molecule has 0 heterocycles. The summed E-state index contributed by atoms with van der Waals surface area (Å²) in [6.07, 6.45) is 0. The predicted octanol–water partition coefficient (Wildman–Crippen LogP) is 4.55. The lowest BCUT2D eigenvalue weighted by molar-refractivity contribution is -0.137. The molecule has 0 atom stereocenters. The number of ether oxygens (including phenoxy) is 1. The maximum atomic E-state index is 11.8. The molecule has 3 aromatic carbocycles. The van der Waals surface area contributed by atoms with Gasteiger partial charge in [0, 0.05) is 5.39 Å². The van der Waals surface area contributed by atoms with Crippen molar-refractivity contribution < 1.29 is 9.53 Å². The zero-order valence-corrected chi connectivity index (χ0v) is 11.6. The molecule has 3 rings (SSSR count). The molecule has 0 fully saturated rings. The van der Waals surface area contributed by atoms with Crippen molar-refractivity contribution in [1.29, 1.82) is 0 Å². The second-order valence-corrected chi connectivity index (χ2v) is 5.25. The molecule has 20 heavy (non-hydrogen) atoms. The van der Waals surface area contributed by atoms with Gasteiger partial charge in [-0.15, -0.1) is 0 Å². The lowest BCUT2D eigenvalue weighted by Gasteiger charge is -2.10. The Labute approximate surface area is 118 Å². The van der Waals surface area contributed by atoms with Crippen molar-refractivity contribution in [1.82, 2.24) is 0 Å². The van der Waals surface area contributed by atoms with Crippen LogP contribution < -0.4 is 4.74 Å². The summed E-state index contributed by atoms with van der Waals surface area (Å²) in [6, 6.07) is 18.2. The van der Waals surface area contributed by atoms with E-state index in [1.165, 1.54) is 5.39 Å². The van der Waals surface area contributed by atoms with Crippen LogP contribution >= 0.6 is 0 Å². The third-order valence-corrected chi connectivity index (χ3v) is 3.39. The van der Waals surface area contributed by atoms with Crippen LogP contribution in [0.4, 0.5) is 0 Å². The van der Waals surface area contributed by atoms with Gasteiger partial charge in [0.1, 0.15) is 5.75 Å². The van der Waals surface area contributed by atoms with Gasteiger partial charge in [0.15, 0.2) is 0 Å². The topological polar surface area (TPSA) is 26.3 Å². The molecule has 2 heteroatoms. The van der Waals surface area contributed by atoms with E-state index in [0.717, 1.165) is 16.2 Å². The normalized spacial score (nSPS) is 11.2. The Kier molecular flexibility index (Phi) is 3.15. The van der Waals surface area contributed by atoms with Gasteiger partial charge in [0.25, 0.3) is 0 Å². The van der Waals surface area contributed by atoms with Gasteiger partial charge in [-0.1, -0.05) is 50.2 Å². The molecule has 100 valence electrons. The molecule has 0 amide bonds. The van der Waals surface area contributed by atoms with Crippen molar-refractivity contribution in [3.8, 4) is 5.75 Å². The third kappa shape index (κ3) is 2.25. The highest BCUT2D eigenvalue weighted by Gasteiger charge is 2.12. The summed E-state index contributed by atoms with van der Waals surface area (Å²) >= 11 is 0. The molecular weight excluding hydrogens is 248 g/mol. The first-order valence-electron chi connectivity index (χ1n) is 6.78. The van der Waals surface area contributed by atoms with E-state index in [0.29, 0.717) is 5.75 Å². The van der Waals surface area contributed by atoms with Crippen molar-refractivity contribution in [3.63, 3.8) is 0 Å². The highest BCUT2D eigenvalue weighted by molar-refractivity contribution is 6.01. The zero-order valence-electron chi connectivity index (χ0n) is 11.6. The summed E-state index contributed by atoms with van der Waals surface area (Å²) in [5.41, 5.74) is 0. The molecule has 0 saturated heterocycles. The minimum absolute atomic E-state index is 0.134. The number of esters is 1. The average molecular weight is 264 g/mol. The van der Waals surface area contributed by atoms with E-state index in [1.807, 2.05) is 44.2 Å². The largest absolute Gasteiger partial charge is 0.426 e. The van der Waals surface area contributed by atoms with Crippen LogP contribution in [0.5, 0.6) is 5.75 Å². The summed E-state index contributed by atoms with van der Waals surface area (Å²) in [4.78, 5) is 11.8. The molecular formula is C18H16O2. The molecule has 0 aliphatic rings. The summed E-state index contributed by atoms with van der Waals surface area (Å²) in [5.74, 6) is 0.295. The summed E-state index contributed by atoms with van der Waals surface area (Å²) < 4.78 is 5.50. The quantitative estimate of drug-likeness (QED) is 0.385. The zero-order chi connectivity index (χ0) is 14.1. The molecule has 0 spiro atoms. The molecule has 0 saturated carbocycles. The minimum atomic E-state index is -0.203. The van der Waals surface area contributed by atoms with Crippen LogP contribution in [0.1, 0.15) is 13.8 Å². The molecule has 2 nitrogen and oxygen atoms in total. The summed E-state index contributed by atoms with van der Waals surface area (Å²) in [7, 11) is 0. The van der Waals surface area contributed by atoms with Crippen LogP contribution in [-0.4, -0.2) is 5.97 Å². The van der Waals surface area contributed by atoms with E-state index < -0.39 is 0 Å². The van der Waals surface area contributed by atoms with E-state index in [-0.39, 0.29) is 11.9 Å². The van der Waals surface area contributed by atoms with E-state index >= 15 is 0 Å². The first-order valence-corrected chi connectivity index (χ1v) is 6.78. The van der Waals surface area contributed by atoms with Gasteiger partial charge in [-0.25, -0.2) is 0 Å². The highest BCUT2D eigenvalue weighted by atomic mass is 16.5. The molecule has 0 aromatic heterocycles. The predicted molar refractivity (Wildman–Crippen MR) is 81.9 cm³/mol. The van der Waals surface area contributed by atoms with E-state index in [2.05, 4.69) is 24.3 Å². The Bertz CT molecular complexity index is 788. The van der Waals surface area contributed by atoms with E-state index in [4.69, 9.17) is 4.74 Å². The van der Waals surface area contributed by atoms with E-state index in [1.54, 1.807) is 0 Å². The fourth-order valence-corrected chi connectivity index (χ4v) is 2.25. The Hall–Kier alpha value is -2.35. The van der Waals surface area contributed by atoms with Crippen molar-refractivity contribution in [3.05, 3.63) is 54.6 Å². The Balaban J connectivity index is 2.17. The third-order valence-electron chi connectivity index (χ3n) is 3.39. The van der Waals surface area contributed by atoms with Gasteiger partial charge >= 0.3 is 5.97 Å². The van der Waals surface area contributed by atoms with Crippen LogP contribution in [0.25, 0.3) is 21.5 Å².